The minimum absolute atomic E-state index is 0.00553. The summed E-state index contributed by atoms with van der Waals surface area (Å²) >= 11 is 0. The van der Waals surface area contributed by atoms with Crippen LogP contribution in [0.3, 0.4) is 0 Å². The average Bonchev–Trinajstić information content (AvgIpc) is 2.98. The fraction of sp³-hybridized carbons (Fsp3) is 0.189. The van der Waals surface area contributed by atoms with Crippen LogP contribution in [-0.4, -0.2) is 0 Å². The van der Waals surface area contributed by atoms with Crippen molar-refractivity contribution in [1.82, 2.24) is 0 Å². The van der Waals surface area contributed by atoms with Gasteiger partial charge in [-0.1, -0.05) is 164 Å². The van der Waals surface area contributed by atoms with E-state index in [2.05, 4.69) is 166 Å². The standard InChI is InChI=1S/C37H36/c1-3-36(27-17-8-18-28-36)29-30(2)37(33-23-13-6-14-24-33,34-25-15-7-16-26-34)35(31-19-9-4-10-20-31)32-21-11-5-12-22-32/h4-27,29,35H,3,28H2,1-2H3. The molecule has 37 heavy (non-hydrogen) atoms. The molecule has 0 N–H and O–H groups in total. The molecule has 0 aliphatic heterocycles. The molecule has 4 aromatic rings. The molecule has 0 spiro atoms. The fourth-order valence-electron chi connectivity index (χ4n) is 6.27. The monoisotopic (exact) mass is 480 g/mol. The number of hydrogen-bond donors (Lipinski definition) is 0. The molecule has 0 heteroatoms. The molecule has 184 valence electrons. The summed E-state index contributed by atoms with van der Waals surface area (Å²) in [7, 11) is 0. The van der Waals surface area contributed by atoms with Gasteiger partial charge in [-0.15, -0.1) is 0 Å². The summed E-state index contributed by atoms with van der Waals surface area (Å²) in [6, 6.07) is 44.4. The van der Waals surface area contributed by atoms with Crippen LogP contribution in [0.2, 0.25) is 0 Å². The zero-order valence-electron chi connectivity index (χ0n) is 21.9. The molecular weight excluding hydrogens is 444 g/mol. The molecule has 4 aromatic carbocycles. The van der Waals surface area contributed by atoms with Gasteiger partial charge in [-0.25, -0.2) is 0 Å². The van der Waals surface area contributed by atoms with Crippen LogP contribution in [0, 0.1) is 5.41 Å². The van der Waals surface area contributed by atoms with Crippen LogP contribution in [-0.2, 0) is 5.41 Å². The molecule has 0 aromatic heterocycles. The summed E-state index contributed by atoms with van der Waals surface area (Å²) < 4.78 is 0. The van der Waals surface area contributed by atoms with Crippen molar-refractivity contribution < 1.29 is 0 Å². The Balaban J connectivity index is 1.90. The first-order valence-electron chi connectivity index (χ1n) is 13.4. The molecule has 1 unspecified atom stereocenters. The Kier molecular flexibility index (Phi) is 7.37. The third-order valence-corrected chi connectivity index (χ3v) is 8.11. The van der Waals surface area contributed by atoms with E-state index in [1.807, 2.05) is 0 Å². The summed E-state index contributed by atoms with van der Waals surface area (Å²) in [5.74, 6) is 0.0907. The SMILES string of the molecule is CCC1(C=C(C)C(c2ccccc2)(c2ccccc2)C(c2ccccc2)c2ccccc2)C=CC=CC1. The van der Waals surface area contributed by atoms with Gasteiger partial charge in [0.25, 0.3) is 0 Å². The second-order valence-electron chi connectivity index (χ2n) is 10.2. The lowest BCUT2D eigenvalue weighted by atomic mass is 9.57. The molecule has 0 fully saturated rings. The molecule has 0 bridgehead atoms. The molecule has 0 saturated heterocycles. The first-order valence-corrected chi connectivity index (χ1v) is 13.4. The Bertz CT molecular complexity index is 1280. The molecule has 0 radical (unpaired) electrons. The second-order valence-corrected chi connectivity index (χ2v) is 10.2. The number of allylic oxidation sites excluding steroid dienone is 6. The van der Waals surface area contributed by atoms with Gasteiger partial charge < -0.3 is 0 Å². The van der Waals surface area contributed by atoms with Crippen LogP contribution < -0.4 is 0 Å². The molecular formula is C37H36. The van der Waals surface area contributed by atoms with Crippen LogP contribution in [0.1, 0.15) is 54.9 Å². The normalized spacial score (nSPS) is 17.8. The Morgan fingerprint density at radius 2 is 1.16 bits per heavy atom. The van der Waals surface area contributed by atoms with Crippen molar-refractivity contribution in [3.8, 4) is 0 Å². The van der Waals surface area contributed by atoms with E-state index in [0.29, 0.717) is 0 Å². The lowest BCUT2D eigenvalue weighted by Gasteiger charge is -2.45. The lowest BCUT2D eigenvalue weighted by Crippen LogP contribution is -2.38. The number of hydrogen-bond acceptors (Lipinski definition) is 0. The largest absolute Gasteiger partial charge is 0.0834 e. The van der Waals surface area contributed by atoms with Gasteiger partial charge in [-0.2, -0.15) is 0 Å². The van der Waals surface area contributed by atoms with Gasteiger partial charge in [0.2, 0.25) is 0 Å². The third-order valence-electron chi connectivity index (χ3n) is 8.11. The molecule has 0 heterocycles. The van der Waals surface area contributed by atoms with E-state index in [4.69, 9.17) is 0 Å². The third kappa shape index (κ3) is 4.77. The Labute approximate surface area is 222 Å². The highest BCUT2D eigenvalue weighted by Gasteiger charge is 2.46. The predicted octanol–water partition coefficient (Wildman–Crippen LogP) is 9.66. The van der Waals surface area contributed by atoms with Gasteiger partial charge >= 0.3 is 0 Å². The Morgan fingerprint density at radius 3 is 1.57 bits per heavy atom. The van der Waals surface area contributed by atoms with Crippen molar-refractivity contribution in [2.45, 2.75) is 38.0 Å². The molecule has 5 rings (SSSR count). The smallest absolute Gasteiger partial charge is 0.0517 e. The topological polar surface area (TPSA) is 0 Å². The highest BCUT2D eigenvalue weighted by atomic mass is 14.5. The van der Waals surface area contributed by atoms with Crippen molar-refractivity contribution in [3.05, 3.63) is 180 Å². The first kappa shape index (κ1) is 24.8. The van der Waals surface area contributed by atoms with Gasteiger partial charge in [0.15, 0.2) is 0 Å². The van der Waals surface area contributed by atoms with E-state index in [1.54, 1.807) is 0 Å². The van der Waals surface area contributed by atoms with Gasteiger partial charge in [0.1, 0.15) is 0 Å². The Morgan fingerprint density at radius 1 is 0.703 bits per heavy atom. The highest BCUT2D eigenvalue weighted by Crippen LogP contribution is 2.54. The maximum absolute atomic E-state index is 2.58. The van der Waals surface area contributed by atoms with E-state index >= 15 is 0 Å². The highest BCUT2D eigenvalue weighted by molar-refractivity contribution is 5.57. The molecule has 1 aliphatic rings. The molecule has 1 atom stereocenters. The summed E-state index contributed by atoms with van der Waals surface area (Å²) in [5, 5.41) is 0. The molecule has 0 nitrogen and oxygen atoms in total. The van der Waals surface area contributed by atoms with E-state index in [9.17, 15) is 0 Å². The van der Waals surface area contributed by atoms with Crippen LogP contribution in [0.4, 0.5) is 0 Å². The minimum Gasteiger partial charge on any atom is -0.0834 e. The molecule has 0 amide bonds. The van der Waals surface area contributed by atoms with E-state index in [1.165, 1.54) is 27.8 Å². The zero-order chi connectivity index (χ0) is 25.6. The summed E-state index contributed by atoms with van der Waals surface area (Å²) in [6.45, 7) is 4.67. The number of benzene rings is 4. The quantitative estimate of drug-likeness (QED) is 0.220. The molecule has 1 aliphatic carbocycles. The van der Waals surface area contributed by atoms with Crippen LogP contribution in [0.5, 0.6) is 0 Å². The molecule has 0 saturated carbocycles. The lowest BCUT2D eigenvalue weighted by molar-refractivity contribution is 0.453. The summed E-state index contributed by atoms with van der Waals surface area (Å²) in [6.07, 6.45) is 13.8. The number of rotatable bonds is 8. The average molecular weight is 481 g/mol. The van der Waals surface area contributed by atoms with Gasteiger partial charge in [-0.05, 0) is 42.0 Å². The van der Waals surface area contributed by atoms with Crippen LogP contribution in [0.25, 0.3) is 0 Å². The van der Waals surface area contributed by atoms with Crippen LogP contribution in [0.15, 0.2) is 157 Å². The fourth-order valence-corrected chi connectivity index (χ4v) is 6.27. The van der Waals surface area contributed by atoms with Gasteiger partial charge in [0.05, 0.1) is 5.41 Å². The maximum atomic E-state index is 2.58. The van der Waals surface area contributed by atoms with Gasteiger partial charge in [-0.3, -0.25) is 0 Å². The van der Waals surface area contributed by atoms with E-state index in [-0.39, 0.29) is 11.3 Å². The van der Waals surface area contributed by atoms with Crippen molar-refractivity contribution in [1.29, 1.82) is 0 Å². The minimum atomic E-state index is -0.400. The summed E-state index contributed by atoms with van der Waals surface area (Å²) in [5.41, 5.74) is 6.25. The van der Waals surface area contributed by atoms with Gasteiger partial charge in [0, 0.05) is 11.3 Å². The van der Waals surface area contributed by atoms with E-state index in [0.717, 1.165) is 12.8 Å². The van der Waals surface area contributed by atoms with E-state index < -0.39 is 5.41 Å². The maximum Gasteiger partial charge on any atom is 0.0517 e. The van der Waals surface area contributed by atoms with Crippen molar-refractivity contribution in [2.75, 3.05) is 0 Å². The predicted molar refractivity (Wildman–Crippen MR) is 158 cm³/mol. The first-order chi connectivity index (χ1) is 18.2. The van der Waals surface area contributed by atoms with Crippen molar-refractivity contribution in [3.63, 3.8) is 0 Å². The van der Waals surface area contributed by atoms with Crippen molar-refractivity contribution in [2.24, 2.45) is 5.41 Å². The van der Waals surface area contributed by atoms with Crippen molar-refractivity contribution >= 4 is 0 Å². The summed E-state index contributed by atoms with van der Waals surface area (Å²) in [4.78, 5) is 0. The second kappa shape index (κ2) is 11.0. The van der Waals surface area contributed by atoms with Crippen LogP contribution >= 0.6 is 0 Å². The zero-order valence-corrected chi connectivity index (χ0v) is 21.9. The Hall–Kier alpha value is -3.90.